The van der Waals surface area contributed by atoms with E-state index in [1.54, 1.807) is 25.5 Å². The van der Waals surface area contributed by atoms with Crippen molar-refractivity contribution in [2.75, 3.05) is 7.11 Å². The first-order chi connectivity index (χ1) is 13.5. The molecular formula is C21H19Cl2N3O2. The lowest BCUT2D eigenvalue weighted by molar-refractivity contribution is 0.109. The molecule has 7 heteroatoms. The minimum absolute atomic E-state index is 0.385. The van der Waals surface area contributed by atoms with Crippen LogP contribution in [0, 0.1) is 6.92 Å². The third-order valence-electron chi connectivity index (χ3n) is 4.16. The summed E-state index contributed by atoms with van der Waals surface area (Å²) in [6.07, 6.45) is 1.30. The number of aromatic nitrogens is 1. The highest BCUT2D eigenvalue weighted by molar-refractivity contribution is 6.42. The molecule has 0 aliphatic rings. The van der Waals surface area contributed by atoms with Crippen molar-refractivity contribution in [3.05, 3.63) is 86.7 Å². The molecule has 0 unspecified atom stereocenters. The lowest BCUT2D eigenvalue weighted by atomic mass is 10.0. The Morgan fingerprint density at radius 2 is 1.93 bits per heavy atom. The Bertz CT molecular complexity index is 1030. The fraction of sp³-hybridized carbons (Fsp3) is 0.190. The molecule has 3 rings (SSSR count). The number of nitrogens with zero attached hydrogens (tertiary/aromatic N) is 3. The minimum atomic E-state index is -0.385. The standard InChI is InChI=1S/C21H19Cl2N3O2/c1-13-10-20(28-26-13)21(27-3)17-7-5-4-6-16(17)12-24-25-14(2)15-8-9-18(22)19(23)11-15/h4-12,21H,1-3H3/b24-12+,25-14+/t21-/m1/s1. The van der Waals surface area contributed by atoms with E-state index in [0.29, 0.717) is 15.8 Å². The summed E-state index contributed by atoms with van der Waals surface area (Å²) in [5.41, 5.74) is 4.15. The van der Waals surface area contributed by atoms with Crippen LogP contribution in [0.2, 0.25) is 10.0 Å². The number of hydrogen-bond acceptors (Lipinski definition) is 5. The summed E-state index contributed by atoms with van der Waals surface area (Å²) in [7, 11) is 1.63. The molecule has 0 radical (unpaired) electrons. The molecule has 28 heavy (non-hydrogen) atoms. The van der Waals surface area contributed by atoms with E-state index in [1.807, 2.05) is 50.2 Å². The molecule has 0 amide bonds. The molecule has 0 aliphatic carbocycles. The summed E-state index contributed by atoms with van der Waals surface area (Å²) < 4.78 is 11.0. The Balaban J connectivity index is 1.87. The minimum Gasteiger partial charge on any atom is -0.369 e. The molecule has 144 valence electrons. The molecule has 3 aromatic rings. The Kier molecular flexibility index (Phi) is 6.62. The lowest BCUT2D eigenvalue weighted by Gasteiger charge is -2.14. The van der Waals surface area contributed by atoms with Crippen molar-refractivity contribution >= 4 is 35.1 Å². The van der Waals surface area contributed by atoms with Gasteiger partial charge in [-0.2, -0.15) is 10.2 Å². The number of rotatable bonds is 6. The highest BCUT2D eigenvalue weighted by Gasteiger charge is 2.20. The van der Waals surface area contributed by atoms with Gasteiger partial charge >= 0.3 is 0 Å². The molecule has 2 aromatic carbocycles. The van der Waals surface area contributed by atoms with E-state index in [0.717, 1.165) is 28.1 Å². The zero-order valence-electron chi connectivity index (χ0n) is 15.7. The summed E-state index contributed by atoms with van der Waals surface area (Å²) in [5, 5.41) is 13.4. The lowest BCUT2D eigenvalue weighted by Crippen LogP contribution is -2.06. The molecule has 1 heterocycles. The first-order valence-corrected chi connectivity index (χ1v) is 9.33. The molecule has 0 N–H and O–H groups in total. The van der Waals surface area contributed by atoms with E-state index in [2.05, 4.69) is 15.4 Å². The van der Waals surface area contributed by atoms with E-state index >= 15 is 0 Å². The van der Waals surface area contributed by atoms with E-state index in [-0.39, 0.29) is 6.10 Å². The Hall–Kier alpha value is -2.47. The fourth-order valence-corrected chi connectivity index (χ4v) is 3.03. The number of benzene rings is 2. The third-order valence-corrected chi connectivity index (χ3v) is 4.90. The van der Waals surface area contributed by atoms with Gasteiger partial charge in [0.25, 0.3) is 0 Å². The maximum atomic E-state index is 6.07. The first-order valence-electron chi connectivity index (χ1n) is 8.57. The highest BCUT2D eigenvalue weighted by Crippen LogP contribution is 2.28. The summed E-state index contributed by atoms with van der Waals surface area (Å²) >= 11 is 12.0. The average Bonchev–Trinajstić information content (AvgIpc) is 3.11. The molecule has 0 saturated carbocycles. The van der Waals surface area contributed by atoms with Crippen molar-refractivity contribution in [2.24, 2.45) is 10.2 Å². The molecule has 0 aliphatic heterocycles. The van der Waals surface area contributed by atoms with E-state index < -0.39 is 0 Å². The van der Waals surface area contributed by atoms with Crippen molar-refractivity contribution in [1.29, 1.82) is 0 Å². The monoisotopic (exact) mass is 415 g/mol. The average molecular weight is 416 g/mol. The molecule has 1 aromatic heterocycles. The second-order valence-electron chi connectivity index (χ2n) is 6.17. The molecular weight excluding hydrogens is 397 g/mol. The number of aryl methyl sites for hydroxylation is 1. The smallest absolute Gasteiger partial charge is 0.170 e. The van der Waals surface area contributed by atoms with E-state index in [1.165, 1.54) is 0 Å². The molecule has 1 atom stereocenters. The van der Waals surface area contributed by atoms with Gasteiger partial charge in [0.05, 0.1) is 27.7 Å². The predicted octanol–water partition coefficient (Wildman–Crippen LogP) is 5.87. The second kappa shape index (κ2) is 9.15. The quantitative estimate of drug-likeness (QED) is 0.373. The van der Waals surface area contributed by atoms with Gasteiger partial charge in [-0.15, -0.1) is 0 Å². The Morgan fingerprint density at radius 1 is 1.14 bits per heavy atom. The fourth-order valence-electron chi connectivity index (χ4n) is 2.73. The van der Waals surface area contributed by atoms with Crippen LogP contribution in [0.5, 0.6) is 0 Å². The van der Waals surface area contributed by atoms with Gasteiger partial charge in [0.1, 0.15) is 6.10 Å². The van der Waals surface area contributed by atoms with Crippen LogP contribution in [-0.4, -0.2) is 24.2 Å². The van der Waals surface area contributed by atoms with Gasteiger partial charge in [-0.25, -0.2) is 0 Å². The predicted molar refractivity (Wildman–Crippen MR) is 113 cm³/mol. The van der Waals surface area contributed by atoms with Gasteiger partial charge in [-0.05, 0) is 37.1 Å². The van der Waals surface area contributed by atoms with Crippen molar-refractivity contribution in [3.8, 4) is 0 Å². The van der Waals surface area contributed by atoms with Gasteiger partial charge in [0.2, 0.25) is 0 Å². The van der Waals surface area contributed by atoms with Crippen LogP contribution in [0.15, 0.2) is 63.3 Å². The van der Waals surface area contributed by atoms with Crippen molar-refractivity contribution in [1.82, 2.24) is 5.16 Å². The van der Waals surface area contributed by atoms with Gasteiger partial charge < -0.3 is 9.26 Å². The van der Waals surface area contributed by atoms with Gasteiger partial charge in [-0.3, -0.25) is 0 Å². The van der Waals surface area contributed by atoms with Crippen molar-refractivity contribution < 1.29 is 9.26 Å². The van der Waals surface area contributed by atoms with E-state index in [9.17, 15) is 0 Å². The zero-order chi connectivity index (χ0) is 20.1. The van der Waals surface area contributed by atoms with Crippen LogP contribution in [-0.2, 0) is 4.74 Å². The van der Waals surface area contributed by atoms with Gasteiger partial charge in [0.15, 0.2) is 5.76 Å². The number of halogens is 2. The van der Waals surface area contributed by atoms with Crippen LogP contribution in [0.4, 0.5) is 0 Å². The zero-order valence-corrected chi connectivity index (χ0v) is 17.2. The Labute approximate surface area is 173 Å². The second-order valence-corrected chi connectivity index (χ2v) is 6.99. The van der Waals surface area contributed by atoms with Crippen molar-refractivity contribution in [2.45, 2.75) is 20.0 Å². The van der Waals surface area contributed by atoms with Gasteiger partial charge in [-0.1, -0.05) is 58.7 Å². The molecule has 0 bridgehead atoms. The van der Waals surface area contributed by atoms with Gasteiger partial charge in [0, 0.05) is 18.7 Å². The number of methoxy groups -OCH3 is 1. The molecule has 0 saturated heterocycles. The van der Waals surface area contributed by atoms with E-state index in [4.69, 9.17) is 32.5 Å². The van der Waals surface area contributed by atoms with Crippen LogP contribution in [0.3, 0.4) is 0 Å². The van der Waals surface area contributed by atoms with Crippen LogP contribution < -0.4 is 0 Å². The number of hydrogen-bond donors (Lipinski definition) is 0. The molecule has 5 nitrogen and oxygen atoms in total. The SMILES string of the molecule is CO[C@@H](c1cc(C)no1)c1ccccc1/C=N/N=C(\C)c1ccc(Cl)c(Cl)c1. The first kappa shape index (κ1) is 20.3. The van der Waals surface area contributed by atoms with Crippen LogP contribution in [0.25, 0.3) is 0 Å². The normalized spacial score (nSPS) is 13.2. The summed E-state index contributed by atoms with van der Waals surface area (Å²) in [4.78, 5) is 0. The summed E-state index contributed by atoms with van der Waals surface area (Å²) in [6.45, 7) is 3.73. The van der Waals surface area contributed by atoms with Crippen LogP contribution in [0.1, 0.15) is 41.2 Å². The largest absolute Gasteiger partial charge is 0.369 e. The molecule has 0 fully saturated rings. The van der Waals surface area contributed by atoms with Crippen molar-refractivity contribution in [3.63, 3.8) is 0 Å². The highest BCUT2D eigenvalue weighted by atomic mass is 35.5. The topological polar surface area (TPSA) is 60.0 Å². The summed E-state index contributed by atoms with van der Waals surface area (Å²) in [5.74, 6) is 0.635. The maximum Gasteiger partial charge on any atom is 0.170 e. The number of ether oxygens (including phenoxy) is 1. The maximum absolute atomic E-state index is 6.07. The van der Waals surface area contributed by atoms with Crippen LogP contribution >= 0.6 is 23.2 Å². The third kappa shape index (κ3) is 4.68. The summed E-state index contributed by atoms with van der Waals surface area (Å²) in [6, 6.07) is 15.0. The Morgan fingerprint density at radius 3 is 2.61 bits per heavy atom. The molecule has 0 spiro atoms.